The van der Waals surface area contributed by atoms with Crippen molar-refractivity contribution >= 4 is 28.1 Å². The number of likely N-dealkylation sites (tertiary alicyclic amines) is 1. The highest BCUT2D eigenvalue weighted by Gasteiger charge is 2.32. The predicted molar refractivity (Wildman–Crippen MR) is 118 cm³/mol. The largest absolute Gasteiger partial charge is 0.435 e. The number of aromatic nitrogens is 3. The Balaban J connectivity index is 1.50. The van der Waals surface area contributed by atoms with E-state index in [1.165, 1.54) is 4.88 Å². The van der Waals surface area contributed by atoms with Gasteiger partial charge in [0.05, 0.1) is 11.4 Å². The van der Waals surface area contributed by atoms with Crippen LogP contribution in [0.3, 0.4) is 0 Å². The number of thiazole rings is 1. The molecule has 1 fully saturated rings. The summed E-state index contributed by atoms with van der Waals surface area (Å²) in [6.45, 7) is 11.2. The molecule has 7 nitrogen and oxygen atoms in total. The minimum Gasteiger partial charge on any atom is -0.435 e. The first-order valence-corrected chi connectivity index (χ1v) is 11.1. The fourth-order valence-corrected chi connectivity index (χ4v) is 4.59. The second-order valence-electron chi connectivity index (χ2n) is 7.82. The summed E-state index contributed by atoms with van der Waals surface area (Å²) in [5.74, 6) is 1.09. The summed E-state index contributed by atoms with van der Waals surface area (Å²) in [5, 5.41) is 4.30. The highest BCUT2D eigenvalue weighted by atomic mass is 32.1. The molecule has 0 aliphatic carbocycles. The number of carbonyl (C=O) groups is 1. The van der Waals surface area contributed by atoms with Crippen molar-refractivity contribution in [1.29, 1.82) is 0 Å². The minimum atomic E-state index is -0.0815. The van der Waals surface area contributed by atoms with Gasteiger partial charge in [-0.3, -0.25) is 9.78 Å². The maximum absolute atomic E-state index is 12.9. The highest BCUT2D eigenvalue weighted by Crippen LogP contribution is 2.31. The Hall–Kier alpha value is -2.74. The van der Waals surface area contributed by atoms with E-state index in [1.807, 2.05) is 38.7 Å². The summed E-state index contributed by atoms with van der Waals surface area (Å²) in [5.41, 5.74) is 4.64. The Morgan fingerprint density at radius 1 is 1.20 bits per heavy atom. The summed E-state index contributed by atoms with van der Waals surface area (Å²) in [6.07, 6.45) is 1.56. The second kappa shape index (κ2) is 8.18. The summed E-state index contributed by atoms with van der Waals surface area (Å²) in [6, 6.07) is 4.10. The first-order chi connectivity index (χ1) is 14.3. The number of anilines is 2. The summed E-state index contributed by atoms with van der Waals surface area (Å²) < 4.78 is 5.66. The quantitative estimate of drug-likeness (QED) is 0.638. The molecule has 8 heteroatoms. The number of nitrogens with zero attached hydrogens (tertiary/aromatic N) is 4. The molecular formula is C22H27N5O2S. The molecule has 3 aromatic heterocycles. The molecule has 1 N–H and O–H groups in total. The Morgan fingerprint density at radius 2 is 2.00 bits per heavy atom. The van der Waals surface area contributed by atoms with Crippen molar-refractivity contribution in [2.75, 3.05) is 18.4 Å². The Labute approximate surface area is 180 Å². The fourth-order valence-electron chi connectivity index (χ4n) is 3.76. The number of pyridine rings is 1. The van der Waals surface area contributed by atoms with Gasteiger partial charge in [0.2, 0.25) is 5.76 Å². The summed E-state index contributed by atoms with van der Waals surface area (Å²) in [4.78, 5) is 29.6. The summed E-state index contributed by atoms with van der Waals surface area (Å²) >= 11 is 1.65. The third kappa shape index (κ3) is 4.09. The first-order valence-electron chi connectivity index (χ1n) is 10.3. The second-order valence-corrected chi connectivity index (χ2v) is 9.02. The van der Waals surface area contributed by atoms with Gasteiger partial charge < -0.3 is 14.6 Å². The van der Waals surface area contributed by atoms with E-state index in [1.54, 1.807) is 11.3 Å². The zero-order valence-electron chi connectivity index (χ0n) is 18.1. The van der Waals surface area contributed by atoms with E-state index in [-0.39, 0.29) is 11.8 Å². The Kier molecular flexibility index (Phi) is 5.60. The molecule has 1 amide bonds. The number of nitrogens with one attached hydrogen (secondary N) is 1. The van der Waals surface area contributed by atoms with Gasteiger partial charge in [0.25, 0.3) is 5.91 Å². The average Bonchev–Trinajstić information content (AvgIpc) is 3.40. The minimum absolute atomic E-state index is 0.0815. The zero-order chi connectivity index (χ0) is 21.4. The van der Waals surface area contributed by atoms with Crippen LogP contribution >= 0.6 is 11.3 Å². The van der Waals surface area contributed by atoms with Crippen molar-refractivity contribution in [3.8, 4) is 0 Å². The molecule has 1 atom stereocenters. The number of hydrogen-bond donors (Lipinski definition) is 1. The average molecular weight is 426 g/mol. The molecule has 0 saturated carbocycles. The highest BCUT2D eigenvalue weighted by molar-refractivity contribution is 7.15. The number of hydrogen-bond acceptors (Lipinski definition) is 7. The van der Waals surface area contributed by atoms with Crippen LogP contribution in [0.2, 0.25) is 0 Å². The van der Waals surface area contributed by atoms with Crippen molar-refractivity contribution in [2.45, 2.75) is 53.4 Å². The third-order valence-corrected chi connectivity index (χ3v) is 6.47. The van der Waals surface area contributed by atoms with Gasteiger partial charge in [-0.2, -0.15) is 0 Å². The van der Waals surface area contributed by atoms with Crippen LogP contribution in [0.25, 0.3) is 0 Å². The third-order valence-electron chi connectivity index (χ3n) is 5.48. The molecule has 1 saturated heterocycles. The van der Waals surface area contributed by atoms with Crippen LogP contribution in [0.1, 0.15) is 63.4 Å². The van der Waals surface area contributed by atoms with Crippen molar-refractivity contribution in [2.24, 2.45) is 0 Å². The molecular weight excluding hydrogens is 398 g/mol. The molecule has 4 rings (SSSR count). The van der Waals surface area contributed by atoms with Gasteiger partial charge in [0.15, 0.2) is 11.0 Å². The van der Waals surface area contributed by atoms with Crippen LogP contribution in [0.5, 0.6) is 0 Å². The Bertz CT molecular complexity index is 1070. The van der Waals surface area contributed by atoms with Crippen LogP contribution in [-0.4, -0.2) is 38.8 Å². The lowest BCUT2D eigenvalue weighted by Gasteiger charge is -2.16. The van der Waals surface area contributed by atoms with Gasteiger partial charge in [0.1, 0.15) is 0 Å². The van der Waals surface area contributed by atoms with Crippen molar-refractivity contribution in [3.05, 3.63) is 51.4 Å². The lowest BCUT2D eigenvalue weighted by Crippen LogP contribution is -2.28. The van der Waals surface area contributed by atoms with Crippen molar-refractivity contribution < 1.29 is 9.21 Å². The van der Waals surface area contributed by atoms with Gasteiger partial charge >= 0.3 is 0 Å². The molecule has 1 aliphatic heterocycles. The van der Waals surface area contributed by atoms with Gasteiger partial charge in [-0.05, 0) is 46.2 Å². The summed E-state index contributed by atoms with van der Waals surface area (Å²) in [7, 11) is 0. The maximum atomic E-state index is 12.9. The fraction of sp³-hybridized carbons (Fsp3) is 0.455. The standard InChI is InChI=1S/C22H27N5O2S/c1-6-19-24-14(4)20(29-19)21(28)27-8-7-16(11-27)18-10-17(9-12(2)23-18)26-22-25-13(3)15(5)30-22/h9-10,16H,6-8,11H2,1-5H3,(H,23,25,26). The number of aryl methyl sites for hydroxylation is 5. The normalized spacial score (nSPS) is 16.3. The SMILES string of the molecule is CCc1nc(C)c(C(=O)N2CCC(c3cc(Nc4nc(C)c(C)s4)cc(C)n3)C2)o1. The van der Waals surface area contributed by atoms with E-state index in [2.05, 4.69) is 28.3 Å². The molecule has 1 aliphatic rings. The molecule has 30 heavy (non-hydrogen) atoms. The maximum Gasteiger partial charge on any atom is 0.291 e. The van der Waals surface area contributed by atoms with Crippen LogP contribution < -0.4 is 5.32 Å². The predicted octanol–water partition coefficient (Wildman–Crippen LogP) is 4.70. The first kappa shape index (κ1) is 20.5. The molecule has 0 radical (unpaired) electrons. The smallest absolute Gasteiger partial charge is 0.291 e. The van der Waals surface area contributed by atoms with E-state index in [4.69, 9.17) is 9.40 Å². The van der Waals surface area contributed by atoms with Gasteiger partial charge in [-0.25, -0.2) is 9.97 Å². The van der Waals surface area contributed by atoms with E-state index in [0.29, 0.717) is 36.9 Å². The topological polar surface area (TPSA) is 84.2 Å². The zero-order valence-corrected chi connectivity index (χ0v) is 18.9. The number of amides is 1. The molecule has 1 unspecified atom stereocenters. The molecule has 0 spiro atoms. The Morgan fingerprint density at radius 3 is 2.67 bits per heavy atom. The van der Waals surface area contributed by atoms with Crippen LogP contribution in [0, 0.1) is 27.7 Å². The monoisotopic (exact) mass is 425 g/mol. The lowest BCUT2D eigenvalue weighted by molar-refractivity contribution is 0.0756. The van der Waals surface area contributed by atoms with E-state index < -0.39 is 0 Å². The molecule has 0 bridgehead atoms. The number of oxazole rings is 1. The van der Waals surface area contributed by atoms with Crippen LogP contribution in [0.15, 0.2) is 16.5 Å². The van der Waals surface area contributed by atoms with Crippen LogP contribution in [-0.2, 0) is 6.42 Å². The number of rotatable bonds is 5. The van der Waals surface area contributed by atoms with E-state index in [9.17, 15) is 4.79 Å². The van der Waals surface area contributed by atoms with Crippen molar-refractivity contribution in [3.63, 3.8) is 0 Å². The van der Waals surface area contributed by atoms with Crippen LogP contribution in [0.4, 0.5) is 10.8 Å². The molecule has 158 valence electrons. The van der Waals surface area contributed by atoms with Gasteiger partial charge in [-0.1, -0.05) is 6.92 Å². The van der Waals surface area contributed by atoms with Gasteiger partial charge in [0, 0.05) is 47.4 Å². The van der Waals surface area contributed by atoms with E-state index >= 15 is 0 Å². The molecule has 0 aromatic carbocycles. The lowest BCUT2D eigenvalue weighted by atomic mass is 10.0. The van der Waals surface area contributed by atoms with E-state index in [0.717, 1.165) is 34.3 Å². The molecule has 3 aromatic rings. The molecule has 4 heterocycles. The number of carbonyl (C=O) groups excluding carboxylic acids is 1. The van der Waals surface area contributed by atoms with Crippen molar-refractivity contribution in [1.82, 2.24) is 19.9 Å². The van der Waals surface area contributed by atoms with Gasteiger partial charge in [-0.15, -0.1) is 11.3 Å².